The number of likely N-dealkylation sites (N-methyl/N-ethyl adjacent to an activating group) is 1. The standard InChI is InChI=1S/C24H32N8O9S2.ClH/c1-24(2,3)41-23(39)30-5-7-32(4,8-6-30)9-12-11-42-20-15(19(36)31(20)16(12)21(37)38)26-18(35)14(28-40-10-13(33)34)17-27-22(25)43-29-17;/h15,20H,5-11H2,1-4H3,(H4-,25,26,27,29,33,34,35,37,38);1H/t15-,20-;/m1./s1. The molecule has 44 heavy (non-hydrogen) atoms. The number of halogens is 1. The van der Waals surface area contributed by atoms with Crippen LogP contribution in [0.4, 0.5) is 9.93 Å². The first-order chi connectivity index (χ1) is 20.1. The first-order valence-corrected chi connectivity index (χ1v) is 14.9. The average molecular weight is 677 g/mol. The zero-order valence-corrected chi connectivity index (χ0v) is 26.8. The molecule has 0 aliphatic carbocycles. The minimum absolute atomic E-state index is 0. The number of β-lactam (4-membered cyclic amide) rings is 1. The number of rotatable bonds is 9. The van der Waals surface area contributed by atoms with Gasteiger partial charge in [0.1, 0.15) is 23.6 Å². The van der Waals surface area contributed by atoms with Crippen LogP contribution in [0, 0.1) is 0 Å². The average Bonchev–Trinajstić information content (AvgIpc) is 3.33. The molecule has 2 fully saturated rings. The fourth-order valence-electron chi connectivity index (χ4n) is 4.75. The molecule has 3 aliphatic rings. The van der Waals surface area contributed by atoms with E-state index < -0.39 is 59.2 Å². The Kier molecular flexibility index (Phi) is 10.7. The number of piperazine rings is 1. The number of hydrogen-bond acceptors (Lipinski definition) is 14. The number of fused-ring (bicyclic) bond motifs is 1. The Balaban J connectivity index is 0.00000529. The van der Waals surface area contributed by atoms with E-state index >= 15 is 0 Å². The Bertz CT molecular complexity index is 1390. The molecular weight excluding hydrogens is 644 g/mol. The third-order valence-corrected chi connectivity index (χ3v) is 8.67. The molecule has 0 spiro atoms. The van der Waals surface area contributed by atoms with E-state index in [9.17, 15) is 29.1 Å². The van der Waals surface area contributed by atoms with Crippen molar-refractivity contribution in [2.45, 2.75) is 37.8 Å². The monoisotopic (exact) mass is 676 g/mol. The van der Waals surface area contributed by atoms with Gasteiger partial charge in [0, 0.05) is 22.9 Å². The zero-order valence-electron chi connectivity index (χ0n) is 24.3. The number of hydrogen-bond donors (Lipinski definition) is 3. The molecule has 1 aromatic rings. The summed E-state index contributed by atoms with van der Waals surface area (Å²) in [5, 5.41) is 26.4. The maximum absolute atomic E-state index is 13.2. The highest BCUT2D eigenvalue weighted by Gasteiger charge is 2.54. The van der Waals surface area contributed by atoms with Gasteiger partial charge < -0.3 is 40.1 Å². The number of anilines is 1. The van der Waals surface area contributed by atoms with Crippen molar-refractivity contribution < 1.29 is 48.2 Å². The van der Waals surface area contributed by atoms with Gasteiger partial charge in [-0.3, -0.25) is 19.4 Å². The molecule has 4 N–H and O–H groups in total. The molecule has 2 atom stereocenters. The largest absolute Gasteiger partial charge is 0.543 e. The van der Waals surface area contributed by atoms with Gasteiger partial charge in [-0.1, -0.05) is 5.16 Å². The molecule has 20 heteroatoms. The number of nitrogens with two attached hydrogens (primary N) is 1. The van der Waals surface area contributed by atoms with Crippen LogP contribution in [0.15, 0.2) is 16.4 Å². The van der Waals surface area contributed by atoms with Crippen LogP contribution in [0.2, 0.25) is 0 Å². The molecule has 0 aromatic carbocycles. The number of carboxylic acid groups (broad SMARTS) is 2. The minimum atomic E-state index is -1.51. The van der Waals surface area contributed by atoms with E-state index in [1.54, 1.807) is 25.7 Å². The summed E-state index contributed by atoms with van der Waals surface area (Å²) >= 11 is 2.04. The zero-order chi connectivity index (χ0) is 31.7. The van der Waals surface area contributed by atoms with Crippen LogP contribution in [0.1, 0.15) is 26.6 Å². The van der Waals surface area contributed by atoms with Crippen LogP contribution in [-0.4, -0.2) is 133 Å². The molecule has 3 amide bonds. The van der Waals surface area contributed by atoms with Crippen LogP contribution in [0.25, 0.3) is 0 Å². The van der Waals surface area contributed by atoms with Gasteiger partial charge in [-0.15, -0.1) is 24.2 Å². The molecule has 3 aliphatic heterocycles. The maximum atomic E-state index is 13.2. The third-order valence-electron chi connectivity index (χ3n) is 6.78. The van der Waals surface area contributed by atoms with Crippen molar-refractivity contribution >= 4 is 76.4 Å². The van der Waals surface area contributed by atoms with Crippen LogP contribution in [-0.2, 0) is 28.8 Å². The van der Waals surface area contributed by atoms with Gasteiger partial charge in [-0.25, -0.2) is 9.59 Å². The smallest absolute Gasteiger partial charge is 0.410 e. The number of nitrogens with zero attached hydrogens (tertiary/aromatic N) is 6. The van der Waals surface area contributed by atoms with E-state index in [2.05, 4.69) is 24.7 Å². The highest BCUT2D eigenvalue weighted by molar-refractivity contribution is 8.00. The number of aliphatic carboxylic acids is 2. The second-order valence-electron chi connectivity index (χ2n) is 11.4. The van der Waals surface area contributed by atoms with Crippen molar-refractivity contribution in [1.82, 2.24) is 24.5 Å². The van der Waals surface area contributed by atoms with Crippen molar-refractivity contribution in [3.05, 3.63) is 17.1 Å². The molecule has 0 radical (unpaired) electrons. The quantitative estimate of drug-likeness (QED) is 0.117. The van der Waals surface area contributed by atoms with Gasteiger partial charge in [0.2, 0.25) is 18.1 Å². The lowest BCUT2D eigenvalue weighted by atomic mass is 10.0. The predicted molar refractivity (Wildman–Crippen MR) is 157 cm³/mol. The van der Waals surface area contributed by atoms with E-state index in [-0.39, 0.29) is 34.8 Å². The molecule has 4 heterocycles. The molecule has 0 saturated carbocycles. The third kappa shape index (κ3) is 7.88. The number of carboxylic acids is 2. The van der Waals surface area contributed by atoms with Crippen molar-refractivity contribution in [1.29, 1.82) is 0 Å². The van der Waals surface area contributed by atoms with Crippen LogP contribution < -0.4 is 16.2 Å². The van der Waals surface area contributed by atoms with Crippen molar-refractivity contribution in [3.63, 3.8) is 0 Å². The van der Waals surface area contributed by atoms with Gasteiger partial charge in [-0.05, 0) is 20.8 Å². The normalized spacial score (nSPS) is 21.5. The number of carbonyl (C=O) groups excluding carboxylic acids is 4. The number of thioether (sulfide) groups is 1. The van der Waals surface area contributed by atoms with Crippen molar-refractivity contribution in [3.8, 4) is 0 Å². The lowest BCUT2D eigenvalue weighted by molar-refractivity contribution is -0.908. The van der Waals surface area contributed by atoms with Gasteiger partial charge in [0.15, 0.2) is 5.13 Å². The molecule has 4 rings (SSSR count). The number of nitrogen functional groups attached to an aromatic ring is 1. The summed E-state index contributed by atoms with van der Waals surface area (Å²) < 4.78 is 9.78. The number of aromatic nitrogens is 2. The summed E-state index contributed by atoms with van der Waals surface area (Å²) in [7, 11) is 1.95. The van der Waals surface area contributed by atoms with E-state index in [1.165, 1.54) is 11.8 Å². The Hall–Kier alpha value is -3.68. The molecule has 242 valence electrons. The Morgan fingerprint density at radius 2 is 1.91 bits per heavy atom. The molecule has 0 bridgehead atoms. The lowest BCUT2D eigenvalue weighted by Gasteiger charge is -2.51. The number of nitrogens with one attached hydrogen (secondary N) is 1. The minimum Gasteiger partial charge on any atom is -0.543 e. The predicted octanol–water partition coefficient (Wildman–Crippen LogP) is -1.55. The molecular formula is C24H33ClN8O9S2. The van der Waals surface area contributed by atoms with Crippen LogP contribution in [0.3, 0.4) is 0 Å². The fourth-order valence-corrected chi connectivity index (χ4v) is 6.52. The summed E-state index contributed by atoms with van der Waals surface area (Å²) in [6.07, 6.45) is -0.403. The van der Waals surface area contributed by atoms with Crippen LogP contribution >= 0.6 is 35.7 Å². The second-order valence-corrected chi connectivity index (χ2v) is 13.2. The van der Waals surface area contributed by atoms with Gasteiger partial charge >= 0.3 is 12.1 Å². The second kappa shape index (κ2) is 13.5. The first kappa shape index (κ1) is 34.8. The Morgan fingerprint density at radius 3 is 2.45 bits per heavy atom. The lowest BCUT2D eigenvalue weighted by Crippen LogP contribution is -2.72. The van der Waals surface area contributed by atoms with Gasteiger partial charge in [-0.2, -0.15) is 9.36 Å². The Labute approximate surface area is 266 Å². The molecule has 0 unspecified atom stereocenters. The molecule has 2 saturated heterocycles. The van der Waals surface area contributed by atoms with E-state index in [4.69, 9.17) is 15.6 Å². The first-order valence-electron chi connectivity index (χ1n) is 13.1. The summed E-state index contributed by atoms with van der Waals surface area (Å²) in [6, 6.07) is -1.11. The topological polar surface area (TPSA) is 230 Å². The summed E-state index contributed by atoms with van der Waals surface area (Å²) in [5.41, 5.74) is 4.74. The summed E-state index contributed by atoms with van der Waals surface area (Å²) in [6.45, 7) is 6.79. The maximum Gasteiger partial charge on any atom is 0.410 e. The summed E-state index contributed by atoms with van der Waals surface area (Å²) in [4.78, 5) is 73.0. The number of amides is 3. The Morgan fingerprint density at radius 1 is 1.25 bits per heavy atom. The fraction of sp³-hybridized carbons (Fsp3) is 0.583. The van der Waals surface area contributed by atoms with E-state index in [0.29, 0.717) is 42.8 Å². The molecule has 1 aromatic heterocycles. The summed E-state index contributed by atoms with van der Waals surface area (Å²) in [5.74, 6) is -4.42. The molecule has 17 nitrogen and oxygen atoms in total. The van der Waals surface area contributed by atoms with Crippen LogP contribution in [0.5, 0.6) is 0 Å². The number of ether oxygens (including phenoxy) is 1. The van der Waals surface area contributed by atoms with Crippen molar-refractivity contribution in [2.75, 3.05) is 57.9 Å². The highest BCUT2D eigenvalue weighted by Crippen LogP contribution is 2.40. The van der Waals surface area contributed by atoms with E-state index in [0.717, 1.165) is 16.4 Å². The number of oxime groups is 1. The van der Waals surface area contributed by atoms with Gasteiger partial charge in [0.25, 0.3) is 11.8 Å². The van der Waals surface area contributed by atoms with E-state index in [1.807, 2.05) is 7.05 Å². The van der Waals surface area contributed by atoms with Crippen molar-refractivity contribution in [2.24, 2.45) is 5.16 Å². The SMILES string of the molecule is CC(C)(C)OC(=O)N1CC[N+](C)(CC2=C(C(=O)[O-])N3C(=O)[C@@H](NC(=O)C(=NOCC(=O)O)c4nsc(N)n4)[C@H]3SC2)CC1.Cl. The highest BCUT2D eigenvalue weighted by atomic mass is 35.5. The van der Waals surface area contributed by atoms with Gasteiger partial charge in [0.05, 0.1) is 44.9 Å². The number of carbonyl (C=O) groups is 5. The number of quaternary nitrogens is 1.